The zero-order chi connectivity index (χ0) is 17.5. The fourth-order valence-electron chi connectivity index (χ4n) is 2.48. The Morgan fingerprint density at radius 2 is 2.00 bits per heavy atom. The van der Waals surface area contributed by atoms with Crippen molar-refractivity contribution in [3.8, 4) is 21.9 Å². The summed E-state index contributed by atoms with van der Waals surface area (Å²) in [6, 6.07) is 11.8. The lowest BCUT2D eigenvalue weighted by molar-refractivity contribution is 0.395. The third-order valence-corrected chi connectivity index (χ3v) is 4.82. The van der Waals surface area contributed by atoms with E-state index in [0.29, 0.717) is 0 Å². The minimum Gasteiger partial charge on any atom is -0.497 e. The summed E-state index contributed by atoms with van der Waals surface area (Å²) in [5, 5.41) is 4.47. The number of nitrogens with one attached hydrogen (secondary N) is 1. The minimum absolute atomic E-state index is 0.746. The van der Waals surface area contributed by atoms with Crippen LogP contribution in [0.5, 0.6) is 11.5 Å². The zero-order valence-corrected chi connectivity index (χ0v) is 15.2. The van der Waals surface area contributed by atoms with Crippen molar-refractivity contribution in [2.45, 2.75) is 13.0 Å². The van der Waals surface area contributed by atoms with Gasteiger partial charge in [0.1, 0.15) is 16.5 Å². The van der Waals surface area contributed by atoms with E-state index in [4.69, 9.17) is 9.47 Å². The zero-order valence-electron chi connectivity index (χ0n) is 14.4. The quantitative estimate of drug-likeness (QED) is 0.626. The first-order chi connectivity index (χ1) is 12.3. The molecule has 0 aliphatic rings. The summed E-state index contributed by atoms with van der Waals surface area (Å²) in [4.78, 5) is 9.92. The first-order valence-corrected chi connectivity index (χ1v) is 8.89. The fourth-order valence-corrected chi connectivity index (χ4v) is 3.39. The van der Waals surface area contributed by atoms with E-state index in [1.165, 1.54) is 0 Å². The number of aromatic nitrogens is 2. The molecule has 0 saturated heterocycles. The van der Waals surface area contributed by atoms with E-state index in [1.807, 2.05) is 48.8 Å². The Bertz CT molecular complexity index is 805. The average molecular weight is 355 g/mol. The molecule has 6 heteroatoms. The predicted octanol–water partition coefficient (Wildman–Crippen LogP) is 3.55. The smallest absolute Gasteiger partial charge is 0.131 e. The lowest BCUT2D eigenvalue weighted by Gasteiger charge is -2.08. The van der Waals surface area contributed by atoms with Crippen molar-refractivity contribution in [2.75, 3.05) is 20.8 Å². The van der Waals surface area contributed by atoms with E-state index < -0.39 is 0 Å². The normalized spacial score (nSPS) is 10.6. The minimum atomic E-state index is 0.746. The Morgan fingerprint density at radius 1 is 1.08 bits per heavy atom. The van der Waals surface area contributed by atoms with Crippen LogP contribution in [-0.4, -0.2) is 30.7 Å². The largest absolute Gasteiger partial charge is 0.497 e. The molecule has 0 bridgehead atoms. The Hall–Kier alpha value is -2.44. The van der Waals surface area contributed by atoms with Crippen molar-refractivity contribution >= 4 is 11.3 Å². The van der Waals surface area contributed by atoms with Crippen molar-refractivity contribution in [3.63, 3.8) is 0 Å². The van der Waals surface area contributed by atoms with E-state index in [-0.39, 0.29) is 0 Å². The van der Waals surface area contributed by atoms with Crippen LogP contribution in [0.3, 0.4) is 0 Å². The second-order valence-corrected chi connectivity index (χ2v) is 6.55. The van der Waals surface area contributed by atoms with Crippen LogP contribution in [0.4, 0.5) is 0 Å². The van der Waals surface area contributed by atoms with Crippen molar-refractivity contribution in [1.29, 1.82) is 0 Å². The molecular weight excluding hydrogens is 334 g/mol. The van der Waals surface area contributed by atoms with Gasteiger partial charge in [0.05, 0.1) is 19.1 Å². The first-order valence-electron chi connectivity index (χ1n) is 8.08. The van der Waals surface area contributed by atoms with E-state index in [9.17, 15) is 0 Å². The van der Waals surface area contributed by atoms with Gasteiger partial charge in [0, 0.05) is 49.2 Å². The standard InChI is InChI=1S/C19H21N3O2S/c1-23-15-6-7-16(17(11-15)24-2)18-12-22-19(25-18)13-20-10-8-14-5-3-4-9-21-14/h3-7,9,11-12,20H,8,10,13H2,1-2H3. The summed E-state index contributed by atoms with van der Waals surface area (Å²) < 4.78 is 10.7. The molecule has 0 fully saturated rings. The second-order valence-electron chi connectivity index (χ2n) is 5.43. The molecule has 2 heterocycles. The number of nitrogens with zero attached hydrogens (tertiary/aromatic N) is 2. The van der Waals surface area contributed by atoms with Crippen LogP contribution in [0.15, 0.2) is 48.8 Å². The maximum absolute atomic E-state index is 5.48. The van der Waals surface area contributed by atoms with Crippen molar-refractivity contribution in [1.82, 2.24) is 15.3 Å². The highest BCUT2D eigenvalue weighted by Crippen LogP contribution is 2.36. The maximum Gasteiger partial charge on any atom is 0.131 e. The molecule has 1 aromatic carbocycles. The van der Waals surface area contributed by atoms with Gasteiger partial charge in [-0.05, 0) is 24.3 Å². The summed E-state index contributed by atoms with van der Waals surface area (Å²) >= 11 is 1.67. The molecule has 130 valence electrons. The van der Waals surface area contributed by atoms with Crippen LogP contribution in [0.1, 0.15) is 10.7 Å². The molecule has 0 spiro atoms. The molecule has 3 rings (SSSR count). The highest BCUT2D eigenvalue weighted by atomic mass is 32.1. The van der Waals surface area contributed by atoms with Gasteiger partial charge in [-0.15, -0.1) is 11.3 Å². The molecule has 0 amide bonds. The molecule has 25 heavy (non-hydrogen) atoms. The summed E-state index contributed by atoms with van der Waals surface area (Å²) in [5.74, 6) is 1.57. The molecule has 0 radical (unpaired) electrons. The van der Waals surface area contributed by atoms with Gasteiger partial charge in [-0.3, -0.25) is 4.98 Å². The van der Waals surface area contributed by atoms with Crippen LogP contribution < -0.4 is 14.8 Å². The Balaban J connectivity index is 1.59. The Morgan fingerprint density at radius 3 is 2.76 bits per heavy atom. The molecule has 0 aliphatic heterocycles. The Labute approximate surface area is 151 Å². The first kappa shape index (κ1) is 17.4. The highest BCUT2D eigenvalue weighted by molar-refractivity contribution is 7.15. The molecule has 1 N–H and O–H groups in total. The summed E-state index contributed by atoms with van der Waals surface area (Å²) in [5.41, 5.74) is 2.12. The van der Waals surface area contributed by atoms with Crippen LogP contribution in [0.2, 0.25) is 0 Å². The maximum atomic E-state index is 5.48. The molecule has 5 nitrogen and oxygen atoms in total. The van der Waals surface area contributed by atoms with E-state index in [1.54, 1.807) is 25.6 Å². The lowest BCUT2D eigenvalue weighted by Crippen LogP contribution is -2.16. The van der Waals surface area contributed by atoms with Gasteiger partial charge in [0.25, 0.3) is 0 Å². The monoisotopic (exact) mass is 355 g/mol. The van der Waals surface area contributed by atoms with Gasteiger partial charge in [-0.25, -0.2) is 4.98 Å². The van der Waals surface area contributed by atoms with Gasteiger partial charge in [-0.2, -0.15) is 0 Å². The molecule has 0 aliphatic carbocycles. The van der Waals surface area contributed by atoms with E-state index in [0.717, 1.165) is 52.2 Å². The SMILES string of the molecule is COc1ccc(-c2cnc(CNCCc3ccccn3)s2)c(OC)c1. The topological polar surface area (TPSA) is 56.3 Å². The van der Waals surface area contributed by atoms with Gasteiger partial charge >= 0.3 is 0 Å². The molecular formula is C19H21N3O2S. The lowest BCUT2D eigenvalue weighted by atomic mass is 10.1. The molecule has 0 saturated carbocycles. The summed E-state index contributed by atoms with van der Waals surface area (Å²) in [6.07, 6.45) is 4.63. The summed E-state index contributed by atoms with van der Waals surface area (Å²) in [7, 11) is 3.31. The molecule has 0 atom stereocenters. The van der Waals surface area contributed by atoms with Crippen LogP contribution in [-0.2, 0) is 13.0 Å². The number of benzene rings is 1. The van der Waals surface area contributed by atoms with Crippen molar-refractivity contribution in [3.05, 3.63) is 59.5 Å². The van der Waals surface area contributed by atoms with Crippen LogP contribution in [0.25, 0.3) is 10.4 Å². The van der Waals surface area contributed by atoms with Gasteiger partial charge in [0.15, 0.2) is 0 Å². The van der Waals surface area contributed by atoms with Crippen LogP contribution >= 0.6 is 11.3 Å². The molecule has 0 unspecified atom stereocenters. The predicted molar refractivity (Wildman–Crippen MR) is 100 cm³/mol. The molecule has 2 aromatic heterocycles. The molecule has 3 aromatic rings. The van der Waals surface area contributed by atoms with Gasteiger partial charge in [0.2, 0.25) is 0 Å². The Kier molecular flexibility index (Phi) is 5.98. The third-order valence-electron chi connectivity index (χ3n) is 3.79. The number of ether oxygens (including phenoxy) is 2. The average Bonchev–Trinajstić information content (AvgIpc) is 3.14. The number of hydrogen-bond acceptors (Lipinski definition) is 6. The van der Waals surface area contributed by atoms with Crippen molar-refractivity contribution in [2.24, 2.45) is 0 Å². The summed E-state index contributed by atoms with van der Waals surface area (Å²) in [6.45, 7) is 1.62. The van der Waals surface area contributed by atoms with Gasteiger partial charge < -0.3 is 14.8 Å². The second kappa shape index (κ2) is 8.60. The van der Waals surface area contributed by atoms with E-state index in [2.05, 4.69) is 15.3 Å². The number of thiazole rings is 1. The highest BCUT2D eigenvalue weighted by Gasteiger charge is 2.11. The van der Waals surface area contributed by atoms with Crippen LogP contribution in [0, 0.1) is 0 Å². The number of hydrogen-bond donors (Lipinski definition) is 1. The number of rotatable bonds is 8. The number of methoxy groups -OCH3 is 2. The van der Waals surface area contributed by atoms with Crippen molar-refractivity contribution < 1.29 is 9.47 Å². The van der Waals surface area contributed by atoms with E-state index >= 15 is 0 Å². The van der Waals surface area contributed by atoms with Gasteiger partial charge in [-0.1, -0.05) is 6.07 Å². The number of pyridine rings is 1. The third kappa shape index (κ3) is 4.55. The fraction of sp³-hybridized carbons (Fsp3) is 0.263.